The van der Waals surface area contributed by atoms with Crippen molar-refractivity contribution in [2.45, 2.75) is 12.8 Å². The van der Waals surface area contributed by atoms with Crippen LogP contribution in [0.15, 0.2) is 48.7 Å². The van der Waals surface area contributed by atoms with E-state index in [-0.39, 0.29) is 24.1 Å². The second-order valence-corrected chi connectivity index (χ2v) is 6.04. The van der Waals surface area contributed by atoms with E-state index in [2.05, 4.69) is 4.98 Å². The van der Waals surface area contributed by atoms with Gasteiger partial charge in [0.1, 0.15) is 11.5 Å². The fourth-order valence-electron chi connectivity index (χ4n) is 2.91. The molecule has 1 aliphatic rings. The van der Waals surface area contributed by atoms with Gasteiger partial charge < -0.3 is 9.80 Å². The van der Waals surface area contributed by atoms with Gasteiger partial charge in [0, 0.05) is 32.4 Å². The first kappa shape index (κ1) is 17.1. The van der Waals surface area contributed by atoms with Crippen LogP contribution in [-0.4, -0.2) is 52.8 Å². The van der Waals surface area contributed by atoms with Gasteiger partial charge in [-0.05, 0) is 36.2 Å². The number of carbonyl (C=O) groups excluding carboxylic acids is 2. The van der Waals surface area contributed by atoms with Crippen LogP contribution in [0.5, 0.6) is 0 Å². The Labute approximate surface area is 146 Å². The van der Waals surface area contributed by atoms with E-state index in [4.69, 9.17) is 0 Å². The third-order valence-corrected chi connectivity index (χ3v) is 4.29. The Morgan fingerprint density at radius 1 is 0.960 bits per heavy atom. The van der Waals surface area contributed by atoms with Crippen LogP contribution in [-0.2, 0) is 11.2 Å². The molecule has 0 atom stereocenters. The molecule has 2 amide bonds. The monoisotopic (exact) mass is 341 g/mol. The summed E-state index contributed by atoms with van der Waals surface area (Å²) in [6, 6.07) is 11.2. The molecule has 0 radical (unpaired) electrons. The molecule has 1 aromatic heterocycles. The number of benzene rings is 1. The van der Waals surface area contributed by atoms with Gasteiger partial charge in [0.2, 0.25) is 5.91 Å². The van der Waals surface area contributed by atoms with E-state index in [0.717, 1.165) is 12.0 Å². The van der Waals surface area contributed by atoms with E-state index in [1.165, 1.54) is 12.1 Å². The number of aromatic nitrogens is 1. The maximum absolute atomic E-state index is 13.0. The Morgan fingerprint density at radius 3 is 2.40 bits per heavy atom. The van der Waals surface area contributed by atoms with E-state index < -0.39 is 0 Å². The van der Waals surface area contributed by atoms with E-state index in [0.29, 0.717) is 31.9 Å². The molecular weight excluding hydrogens is 321 g/mol. The molecule has 1 aromatic carbocycles. The van der Waals surface area contributed by atoms with Crippen molar-refractivity contribution in [3.05, 3.63) is 65.7 Å². The van der Waals surface area contributed by atoms with Crippen LogP contribution in [0, 0.1) is 5.82 Å². The average Bonchev–Trinajstić information content (AvgIpc) is 2.90. The van der Waals surface area contributed by atoms with Crippen LogP contribution < -0.4 is 0 Å². The second-order valence-electron chi connectivity index (χ2n) is 6.04. The first-order valence-electron chi connectivity index (χ1n) is 8.36. The number of carbonyl (C=O) groups is 2. The predicted molar refractivity (Wildman–Crippen MR) is 91.4 cm³/mol. The molecule has 2 heterocycles. The molecule has 1 aliphatic heterocycles. The van der Waals surface area contributed by atoms with Crippen molar-refractivity contribution in [2.75, 3.05) is 26.2 Å². The Hall–Kier alpha value is -2.76. The van der Waals surface area contributed by atoms with Gasteiger partial charge in [0.05, 0.1) is 6.42 Å². The van der Waals surface area contributed by atoms with E-state index in [1.54, 1.807) is 46.3 Å². The molecule has 0 N–H and O–H groups in total. The van der Waals surface area contributed by atoms with Crippen LogP contribution in [0.4, 0.5) is 4.39 Å². The molecule has 25 heavy (non-hydrogen) atoms. The van der Waals surface area contributed by atoms with Crippen molar-refractivity contribution in [2.24, 2.45) is 0 Å². The lowest BCUT2D eigenvalue weighted by Crippen LogP contribution is -2.38. The van der Waals surface area contributed by atoms with Gasteiger partial charge in [-0.25, -0.2) is 4.39 Å². The van der Waals surface area contributed by atoms with Crippen LogP contribution in [0.25, 0.3) is 0 Å². The molecule has 0 aliphatic carbocycles. The summed E-state index contributed by atoms with van der Waals surface area (Å²) in [7, 11) is 0. The third kappa shape index (κ3) is 4.41. The summed E-state index contributed by atoms with van der Waals surface area (Å²) in [6.45, 7) is 2.21. The van der Waals surface area contributed by atoms with Gasteiger partial charge in [0.15, 0.2) is 0 Å². The SMILES string of the molecule is O=C(Cc1ccc(F)cc1)N1CCCN(C(=O)c2ccccn2)CC1. The standard InChI is InChI=1S/C19H20FN3O2/c20-16-7-5-15(6-8-16)14-18(24)22-10-3-11-23(13-12-22)19(25)17-4-1-2-9-21-17/h1-2,4-9H,3,10-14H2. The summed E-state index contributed by atoms with van der Waals surface area (Å²) in [4.78, 5) is 32.6. The average molecular weight is 341 g/mol. The molecule has 130 valence electrons. The van der Waals surface area contributed by atoms with Crippen molar-refractivity contribution in [1.29, 1.82) is 0 Å². The Kier molecular flexibility index (Phi) is 5.38. The van der Waals surface area contributed by atoms with Gasteiger partial charge in [-0.3, -0.25) is 14.6 Å². The fraction of sp³-hybridized carbons (Fsp3) is 0.316. The first-order chi connectivity index (χ1) is 12.1. The highest BCUT2D eigenvalue weighted by Gasteiger charge is 2.23. The molecular formula is C19H20FN3O2. The van der Waals surface area contributed by atoms with Crippen molar-refractivity contribution in [1.82, 2.24) is 14.8 Å². The lowest BCUT2D eigenvalue weighted by molar-refractivity contribution is -0.130. The van der Waals surface area contributed by atoms with Crippen molar-refractivity contribution >= 4 is 11.8 Å². The van der Waals surface area contributed by atoms with Crippen LogP contribution in [0.3, 0.4) is 0 Å². The molecule has 3 rings (SSSR count). The topological polar surface area (TPSA) is 53.5 Å². The van der Waals surface area contributed by atoms with Crippen molar-refractivity contribution in [3.63, 3.8) is 0 Å². The summed E-state index contributed by atoms with van der Waals surface area (Å²) in [5.74, 6) is -0.415. The summed E-state index contributed by atoms with van der Waals surface area (Å²) in [5, 5.41) is 0. The molecule has 1 fully saturated rings. The van der Waals surface area contributed by atoms with Gasteiger partial charge >= 0.3 is 0 Å². The van der Waals surface area contributed by atoms with Crippen LogP contribution in [0.2, 0.25) is 0 Å². The largest absolute Gasteiger partial charge is 0.341 e. The smallest absolute Gasteiger partial charge is 0.272 e. The minimum Gasteiger partial charge on any atom is -0.341 e. The van der Waals surface area contributed by atoms with E-state index in [9.17, 15) is 14.0 Å². The number of halogens is 1. The van der Waals surface area contributed by atoms with Crippen molar-refractivity contribution < 1.29 is 14.0 Å². The summed E-state index contributed by atoms with van der Waals surface area (Å²) < 4.78 is 13.0. The van der Waals surface area contributed by atoms with E-state index in [1.807, 2.05) is 0 Å². The van der Waals surface area contributed by atoms with Gasteiger partial charge in [-0.1, -0.05) is 18.2 Å². The molecule has 6 heteroatoms. The summed E-state index contributed by atoms with van der Waals surface area (Å²) in [5.41, 5.74) is 1.21. The Bertz CT molecular complexity index is 734. The minimum absolute atomic E-state index is 0.00116. The summed E-state index contributed by atoms with van der Waals surface area (Å²) in [6.07, 6.45) is 2.58. The number of amides is 2. The van der Waals surface area contributed by atoms with Gasteiger partial charge in [-0.2, -0.15) is 0 Å². The number of hydrogen-bond donors (Lipinski definition) is 0. The second kappa shape index (κ2) is 7.88. The zero-order valence-corrected chi connectivity index (χ0v) is 13.9. The van der Waals surface area contributed by atoms with E-state index >= 15 is 0 Å². The fourth-order valence-corrected chi connectivity index (χ4v) is 2.91. The maximum Gasteiger partial charge on any atom is 0.272 e. The number of hydrogen-bond acceptors (Lipinski definition) is 3. The Balaban J connectivity index is 1.58. The predicted octanol–water partition coefficient (Wildman–Crippen LogP) is 2.14. The highest BCUT2D eigenvalue weighted by Crippen LogP contribution is 2.10. The van der Waals surface area contributed by atoms with Crippen LogP contribution in [0.1, 0.15) is 22.5 Å². The number of rotatable bonds is 3. The Morgan fingerprint density at radius 2 is 1.68 bits per heavy atom. The molecule has 0 saturated carbocycles. The van der Waals surface area contributed by atoms with Crippen molar-refractivity contribution in [3.8, 4) is 0 Å². The molecule has 1 saturated heterocycles. The molecule has 5 nitrogen and oxygen atoms in total. The number of nitrogens with zero attached hydrogens (tertiary/aromatic N) is 3. The molecule has 2 aromatic rings. The molecule has 0 bridgehead atoms. The highest BCUT2D eigenvalue weighted by molar-refractivity contribution is 5.92. The summed E-state index contributed by atoms with van der Waals surface area (Å²) >= 11 is 0. The zero-order chi connectivity index (χ0) is 17.6. The molecule has 0 unspecified atom stereocenters. The normalized spacial score (nSPS) is 14.9. The van der Waals surface area contributed by atoms with Gasteiger partial charge in [-0.15, -0.1) is 0 Å². The highest BCUT2D eigenvalue weighted by atomic mass is 19.1. The lowest BCUT2D eigenvalue weighted by atomic mass is 10.1. The lowest BCUT2D eigenvalue weighted by Gasteiger charge is -2.22. The zero-order valence-electron chi connectivity index (χ0n) is 13.9. The minimum atomic E-state index is -0.311. The van der Waals surface area contributed by atoms with Gasteiger partial charge in [0.25, 0.3) is 5.91 Å². The third-order valence-electron chi connectivity index (χ3n) is 4.29. The quantitative estimate of drug-likeness (QED) is 0.859. The first-order valence-corrected chi connectivity index (χ1v) is 8.36. The number of pyridine rings is 1. The van der Waals surface area contributed by atoms with Crippen LogP contribution >= 0.6 is 0 Å². The molecule has 0 spiro atoms. The maximum atomic E-state index is 13.0.